The minimum atomic E-state index is -1.92. The molecule has 4 aliphatic rings. The van der Waals surface area contributed by atoms with Crippen molar-refractivity contribution in [2.45, 2.75) is 150 Å². The van der Waals surface area contributed by atoms with Crippen LogP contribution in [-0.4, -0.2) is 200 Å². The van der Waals surface area contributed by atoms with Crippen molar-refractivity contribution in [1.82, 2.24) is 0 Å². The first-order valence-electron chi connectivity index (χ1n) is 15.3. The van der Waals surface area contributed by atoms with Crippen LogP contribution in [0.25, 0.3) is 0 Å². The lowest BCUT2D eigenvalue weighted by Gasteiger charge is -2.46. The van der Waals surface area contributed by atoms with Crippen LogP contribution in [0.4, 0.5) is 0 Å². The fourth-order valence-corrected chi connectivity index (χ4v) is 5.90. The molecule has 0 aliphatic carbocycles. The highest BCUT2D eigenvalue weighted by Crippen LogP contribution is 2.31. The first-order chi connectivity index (χ1) is 22.0. The van der Waals surface area contributed by atoms with Crippen molar-refractivity contribution in [2.75, 3.05) is 20.8 Å². The van der Waals surface area contributed by atoms with Crippen molar-refractivity contribution >= 4 is 5.97 Å². The van der Waals surface area contributed by atoms with Crippen molar-refractivity contribution < 1.29 is 93.8 Å². The van der Waals surface area contributed by atoms with E-state index in [1.54, 1.807) is 27.7 Å². The number of aliphatic hydroxyl groups is 9. The number of carboxylic acid groups (broad SMARTS) is 1. The predicted octanol–water partition coefficient (Wildman–Crippen LogP) is -5.20. The summed E-state index contributed by atoms with van der Waals surface area (Å²) in [7, 11) is 2.83. The van der Waals surface area contributed by atoms with Gasteiger partial charge in [-0.3, -0.25) is 0 Å². The van der Waals surface area contributed by atoms with Crippen LogP contribution in [0, 0.1) is 0 Å². The second-order valence-corrected chi connectivity index (χ2v) is 12.1. The molecule has 0 saturated carbocycles. The highest BCUT2D eigenvalue weighted by atomic mass is 16.7. The van der Waals surface area contributed by atoms with Gasteiger partial charge in [0.25, 0.3) is 0 Å². The molecule has 4 aliphatic heterocycles. The lowest BCUT2D eigenvalue weighted by Crippen LogP contribution is -2.64. The maximum atomic E-state index is 11.2. The summed E-state index contributed by atoms with van der Waals surface area (Å²) in [6.07, 6.45) is -24.0. The van der Waals surface area contributed by atoms with Gasteiger partial charge in [0.15, 0.2) is 18.7 Å². The Morgan fingerprint density at radius 3 is 1.51 bits per heavy atom. The highest BCUT2D eigenvalue weighted by Gasteiger charge is 2.51. The van der Waals surface area contributed by atoms with Crippen molar-refractivity contribution in [3.05, 3.63) is 0 Å². The topological polar surface area (TPSA) is 293 Å². The molecule has 0 aromatic heterocycles. The number of hydrogen-bond donors (Lipinski definition) is 10. The maximum absolute atomic E-state index is 11.2. The first kappa shape index (κ1) is 40.2. The Morgan fingerprint density at radius 1 is 0.532 bits per heavy atom. The standard InChI is InChI=1S/C20H34O15.C8H16O4/c1-5-8(21)16(30-3)15(6(2)32-5)34-20-14(27)10(23)9(22)7(33-20)4-31-19-13(26)11(24)12(25)17(35-19)18(28)29;1-4-6(9)8(11-3)7(10)5(2)12-4/h5-17,19-27H,4H2,1-3H3,(H,28,29);4-10H,1-3H3/t5?,6-,7?,8+,9-,10+,11+,12+,13?,14?,15?,16+,17?,19+,20-;4-,5?,6?,7+,8?/m11/s1. The molecule has 19 heteroatoms. The van der Waals surface area contributed by atoms with Crippen LogP contribution in [0.15, 0.2) is 0 Å². The molecule has 4 saturated heterocycles. The van der Waals surface area contributed by atoms with Crippen molar-refractivity contribution in [3.63, 3.8) is 0 Å². The van der Waals surface area contributed by atoms with Gasteiger partial charge in [-0.25, -0.2) is 4.79 Å². The average molecular weight is 691 g/mol. The summed E-state index contributed by atoms with van der Waals surface area (Å²) in [6.45, 7) is 6.22. The first-order valence-corrected chi connectivity index (χ1v) is 15.3. The molecule has 19 nitrogen and oxygen atoms in total. The van der Waals surface area contributed by atoms with E-state index in [9.17, 15) is 50.8 Å². The average Bonchev–Trinajstić information content (AvgIpc) is 3.02. The van der Waals surface area contributed by atoms with Gasteiger partial charge < -0.3 is 89.0 Å². The molecule has 9 unspecified atom stereocenters. The van der Waals surface area contributed by atoms with Crippen molar-refractivity contribution in [3.8, 4) is 0 Å². The van der Waals surface area contributed by atoms with Gasteiger partial charge in [0.05, 0.1) is 31.0 Å². The van der Waals surface area contributed by atoms with Gasteiger partial charge in [0.1, 0.15) is 79.4 Å². The molecule has 0 amide bonds. The Hall–Kier alpha value is -1.21. The molecule has 0 bridgehead atoms. The zero-order chi connectivity index (χ0) is 35.5. The molecule has 0 aromatic carbocycles. The van der Waals surface area contributed by atoms with Gasteiger partial charge >= 0.3 is 5.97 Å². The number of hydrogen-bond acceptors (Lipinski definition) is 18. The van der Waals surface area contributed by atoms with Crippen molar-refractivity contribution in [1.29, 1.82) is 0 Å². The number of aliphatic hydroxyl groups excluding tert-OH is 9. The van der Waals surface area contributed by atoms with Crippen LogP contribution in [0.2, 0.25) is 0 Å². The van der Waals surface area contributed by atoms with E-state index in [1.165, 1.54) is 14.2 Å². The molecule has 0 spiro atoms. The van der Waals surface area contributed by atoms with E-state index in [0.717, 1.165) is 0 Å². The quantitative estimate of drug-likeness (QED) is 0.114. The van der Waals surface area contributed by atoms with Crippen LogP contribution in [0.5, 0.6) is 0 Å². The van der Waals surface area contributed by atoms with Gasteiger partial charge in [-0.1, -0.05) is 0 Å². The van der Waals surface area contributed by atoms with E-state index in [2.05, 4.69) is 0 Å². The molecule has 4 rings (SSSR count). The zero-order valence-electron chi connectivity index (χ0n) is 26.9. The summed E-state index contributed by atoms with van der Waals surface area (Å²) in [5.74, 6) is -1.61. The zero-order valence-corrected chi connectivity index (χ0v) is 26.9. The maximum Gasteiger partial charge on any atom is 0.335 e. The number of carbonyl (C=O) groups is 1. The summed E-state index contributed by atoms with van der Waals surface area (Å²) < 4.78 is 42.8. The van der Waals surface area contributed by atoms with Gasteiger partial charge in [0, 0.05) is 14.2 Å². The Morgan fingerprint density at radius 2 is 1.00 bits per heavy atom. The lowest BCUT2D eigenvalue weighted by atomic mass is 9.95. The summed E-state index contributed by atoms with van der Waals surface area (Å²) in [4.78, 5) is 11.2. The molecule has 0 radical (unpaired) electrons. The third-order valence-corrected chi connectivity index (χ3v) is 8.84. The number of aliphatic carboxylic acids is 1. The number of rotatable bonds is 8. The summed E-state index contributed by atoms with van der Waals surface area (Å²) in [6, 6.07) is 0. The number of carboxylic acids is 1. The van der Waals surface area contributed by atoms with Gasteiger partial charge in [-0.15, -0.1) is 0 Å². The predicted molar refractivity (Wildman–Crippen MR) is 151 cm³/mol. The largest absolute Gasteiger partial charge is 0.479 e. The minimum absolute atomic E-state index is 0.284. The van der Waals surface area contributed by atoms with E-state index in [0.29, 0.717) is 0 Å². The Labute approximate surface area is 271 Å². The summed E-state index contributed by atoms with van der Waals surface area (Å²) in [5.41, 5.74) is 0. The molecular formula is C28H50O19. The Bertz CT molecular complexity index is 962. The molecule has 4 fully saturated rings. The van der Waals surface area contributed by atoms with Crippen LogP contribution in [0.1, 0.15) is 27.7 Å². The highest BCUT2D eigenvalue weighted by molar-refractivity contribution is 5.73. The Balaban J connectivity index is 0.000000420. The molecule has 20 atom stereocenters. The smallest absolute Gasteiger partial charge is 0.335 e. The van der Waals surface area contributed by atoms with Crippen LogP contribution in [0.3, 0.4) is 0 Å². The molecule has 276 valence electrons. The molecule has 4 heterocycles. The minimum Gasteiger partial charge on any atom is -0.479 e. The van der Waals surface area contributed by atoms with Crippen LogP contribution in [-0.2, 0) is 42.7 Å². The van der Waals surface area contributed by atoms with Gasteiger partial charge in [-0.2, -0.15) is 0 Å². The van der Waals surface area contributed by atoms with Gasteiger partial charge in [-0.05, 0) is 27.7 Å². The molecular weight excluding hydrogens is 640 g/mol. The lowest BCUT2D eigenvalue weighted by molar-refractivity contribution is -0.350. The van der Waals surface area contributed by atoms with E-state index < -0.39 is 123 Å². The second-order valence-electron chi connectivity index (χ2n) is 12.1. The summed E-state index contributed by atoms with van der Waals surface area (Å²) in [5, 5.41) is 99.3. The second kappa shape index (κ2) is 17.1. The van der Waals surface area contributed by atoms with Crippen LogP contribution < -0.4 is 0 Å². The van der Waals surface area contributed by atoms with Crippen molar-refractivity contribution in [2.24, 2.45) is 0 Å². The van der Waals surface area contributed by atoms with E-state index in [1.807, 2.05) is 0 Å². The van der Waals surface area contributed by atoms with E-state index in [-0.39, 0.29) is 12.2 Å². The Kier molecular flexibility index (Phi) is 14.7. The van der Waals surface area contributed by atoms with Crippen LogP contribution >= 0.6 is 0 Å². The third-order valence-electron chi connectivity index (χ3n) is 8.84. The SMILES string of the molecule is COC1C(O)[C@@H](C)OC(C)[C@@H]1O.CO[C@@H]1C(O[C@H]2OC(CO[C@H]3OC(C(=O)O)[C@@H](O)[C@H](O)C3O)[C@@H](O)[C@H](O)C2O)[C@@H](C)OC(C)[C@@H]1O. The number of methoxy groups -OCH3 is 2. The normalized spacial score (nSPS) is 50.7. The molecule has 10 N–H and O–H groups in total. The number of ether oxygens (including phenoxy) is 8. The van der Waals surface area contributed by atoms with E-state index >= 15 is 0 Å². The third kappa shape index (κ3) is 8.94. The fourth-order valence-electron chi connectivity index (χ4n) is 5.90. The summed E-state index contributed by atoms with van der Waals surface area (Å²) >= 11 is 0. The van der Waals surface area contributed by atoms with Gasteiger partial charge in [0.2, 0.25) is 0 Å². The fraction of sp³-hybridized carbons (Fsp3) is 0.964. The van der Waals surface area contributed by atoms with E-state index in [4.69, 9.17) is 43.0 Å². The molecule has 0 aromatic rings. The molecule has 47 heavy (non-hydrogen) atoms. The monoisotopic (exact) mass is 690 g/mol.